The summed E-state index contributed by atoms with van der Waals surface area (Å²) in [6.45, 7) is 11.5. The Morgan fingerprint density at radius 3 is 1.09 bits per heavy atom. The summed E-state index contributed by atoms with van der Waals surface area (Å²) in [6.07, 6.45) is 8.66. The van der Waals surface area contributed by atoms with E-state index in [-0.39, 0.29) is 60.3 Å². The zero-order chi connectivity index (χ0) is 65.4. The van der Waals surface area contributed by atoms with Gasteiger partial charge in [0, 0.05) is 133 Å². The molecule has 6 aromatic rings. The van der Waals surface area contributed by atoms with Crippen molar-refractivity contribution in [1.29, 1.82) is 0 Å². The highest BCUT2D eigenvalue weighted by Crippen LogP contribution is 2.67. The predicted octanol–water partition coefficient (Wildman–Crippen LogP) is 10.8. The van der Waals surface area contributed by atoms with E-state index >= 15 is 0 Å². The van der Waals surface area contributed by atoms with Gasteiger partial charge < -0.3 is 46.7 Å². The average Bonchev–Trinajstić information content (AvgIpc) is 1.57. The molecule has 6 saturated carbocycles. The number of pyridine rings is 3. The van der Waals surface area contributed by atoms with Gasteiger partial charge >= 0.3 is 19.6 Å². The number of nitrogens with zero attached hydrogens (tertiary/aromatic N) is 11. The molecule has 2 saturated heterocycles. The number of aliphatic hydroxyl groups excluding tert-OH is 3. The van der Waals surface area contributed by atoms with E-state index in [1.165, 1.54) is 54.8 Å². The molecule has 14 atom stereocenters. The van der Waals surface area contributed by atoms with Crippen LogP contribution in [0.1, 0.15) is 146 Å². The predicted molar refractivity (Wildman–Crippen MR) is 329 cm³/mol. The van der Waals surface area contributed by atoms with Crippen molar-refractivity contribution < 1.29 is 60.3 Å². The molecule has 9 N–H and O–H groups in total. The van der Waals surface area contributed by atoms with Crippen LogP contribution < -0.4 is 31.4 Å². The van der Waals surface area contributed by atoms with Crippen LogP contribution in [0.3, 0.4) is 0 Å². The number of likely N-dealkylation sites (tertiary alicyclic amines) is 2. The molecule has 500 valence electrons. The molecule has 0 aromatic carbocycles. The molecular formula is C65H85F7N14O6. The molecule has 8 fully saturated rings. The van der Waals surface area contributed by atoms with Gasteiger partial charge in [0.1, 0.15) is 0 Å². The van der Waals surface area contributed by atoms with E-state index in [0.717, 1.165) is 70.4 Å². The molecule has 6 aromatic heterocycles. The fourth-order valence-corrected chi connectivity index (χ4v) is 16.3. The monoisotopic (exact) mass is 1290 g/mol. The maximum Gasteiger partial charge on any atom is 0.573 e. The third-order valence-electron chi connectivity index (χ3n) is 20.8. The summed E-state index contributed by atoms with van der Waals surface area (Å²) in [5.41, 5.74) is 24.0. The highest BCUT2D eigenvalue weighted by atomic mass is 19.4. The molecule has 8 heterocycles. The number of fused-ring (bicyclic) bond motifs is 3. The summed E-state index contributed by atoms with van der Waals surface area (Å²) in [6, 6.07) is 12.0. The lowest BCUT2D eigenvalue weighted by atomic mass is 9.99. The van der Waals surface area contributed by atoms with Crippen molar-refractivity contribution in [3.63, 3.8) is 0 Å². The zero-order valence-electron chi connectivity index (χ0n) is 52.6. The summed E-state index contributed by atoms with van der Waals surface area (Å²) >= 11 is 0. The fraction of sp³-hybridized carbons (Fsp3) is 0.631. The van der Waals surface area contributed by atoms with E-state index in [4.69, 9.17) is 32.5 Å². The first-order chi connectivity index (χ1) is 43.9. The second-order valence-electron chi connectivity index (χ2n) is 27.6. The number of hydrogen-bond acceptors (Lipinski definition) is 17. The minimum absolute atomic E-state index is 0.0642. The van der Waals surface area contributed by atoms with E-state index < -0.39 is 25.3 Å². The van der Waals surface area contributed by atoms with Gasteiger partial charge in [0.25, 0.3) is 0 Å². The maximum atomic E-state index is 12.7. The zero-order valence-corrected chi connectivity index (χ0v) is 52.6. The molecule has 6 unspecified atom stereocenters. The Balaban J connectivity index is 0.000000134. The average molecular weight is 1290 g/mol. The van der Waals surface area contributed by atoms with Crippen LogP contribution in [0.15, 0.2) is 55.0 Å². The lowest BCUT2D eigenvalue weighted by molar-refractivity contribution is -0.274. The Kier molecular flexibility index (Phi) is 18.6. The lowest BCUT2D eigenvalue weighted by Crippen LogP contribution is -2.33. The summed E-state index contributed by atoms with van der Waals surface area (Å²) < 4.78 is 108. The van der Waals surface area contributed by atoms with Crippen LogP contribution >= 0.6 is 0 Å². The van der Waals surface area contributed by atoms with Crippen molar-refractivity contribution in [3.05, 3.63) is 72.1 Å². The van der Waals surface area contributed by atoms with Crippen molar-refractivity contribution >= 4 is 17.5 Å². The fourth-order valence-electron chi connectivity index (χ4n) is 16.3. The van der Waals surface area contributed by atoms with Crippen molar-refractivity contribution in [1.82, 2.24) is 54.1 Å². The van der Waals surface area contributed by atoms with Gasteiger partial charge in [0.05, 0.1) is 17.1 Å². The van der Waals surface area contributed by atoms with Gasteiger partial charge in [0.2, 0.25) is 0 Å². The van der Waals surface area contributed by atoms with E-state index in [0.29, 0.717) is 123 Å². The second kappa shape index (κ2) is 26.2. The summed E-state index contributed by atoms with van der Waals surface area (Å²) in [5.74, 6) is 5.14. The molecule has 27 heteroatoms. The first-order valence-corrected chi connectivity index (χ1v) is 32.4. The molecule has 0 bridgehead atoms. The summed E-state index contributed by atoms with van der Waals surface area (Å²) in [5, 5.41) is 42.4. The number of nitrogens with two attached hydrogens (primary N) is 3. The Morgan fingerprint density at radius 1 is 0.478 bits per heavy atom. The minimum Gasteiger partial charge on any atom is -0.431 e. The van der Waals surface area contributed by atoms with Crippen LogP contribution in [0.4, 0.5) is 48.2 Å². The highest BCUT2D eigenvalue weighted by Gasteiger charge is 2.61. The van der Waals surface area contributed by atoms with E-state index in [1.807, 2.05) is 21.5 Å². The Bertz CT molecular complexity index is 3530. The normalized spacial score (nSPS) is 28.8. The standard InChI is InChI=1S/C23H30F3N5O2.C23H31F2N5O2.C19H24F2N4O2/c1-12(2)31-19(21-16-6-15(7-17(16)21)30-4-3-13(10-30)11-32)8-18(29-31)14-5-20(22(27)28-9-14)33-23(24,25)26;1-12(2)30-19(8-18(28-30)14-5-20(32-23(24)25)22(26)27-9-14)21-16-6-15(7-17(16)21)29-4-3-13(10-29)11-31;1-9(2)25-15(17-12-3-10(8-26)4-13(12)17)6-14(24-25)11-5-16(27-19(20)21)18(22)23-7-11/h5,8-9,12-13,15-17,21,32H,3-4,6-7,10-11H2,1-2H3,(H2,27,28);5,8-9,12-13,15-17,21,23,31H,3-4,6-7,10-11H2,1-2H3,(H2,26,27);5-7,9-10,12-13,17,19,26H,3-4,8H2,1-2H3,(H2,22,23)/t2*13-,15?,16-,17+,21?;10?,12-,13+,17?/m11./s1. The first kappa shape index (κ1) is 65.3. The van der Waals surface area contributed by atoms with Crippen LogP contribution in [-0.4, -0.2) is 147 Å². The summed E-state index contributed by atoms with van der Waals surface area (Å²) in [4.78, 5) is 17.0. The van der Waals surface area contributed by atoms with Gasteiger partial charge in [-0.3, -0.25) is 23.8 Å². The molecule has 8 aliphatic rings. The SMILES string of the molecule is CC(C)n1nc(-c2cnc(N)c(OC(F)(F)F)c2)cc1C1[C@H]2CC(N3CC[C@@H](CO)C3)C[C@@H]12.CC(C)n1nc(-c2cnc(N)c(OC(F)F)c2)cc1C1[C@H]2CC(CO)C[C@@H]12.CC(C)n1nc(-c2cnc(N)c(OC(F)F)c2)cc1C1[C@H]2CC(N3CC[C@@H](CO)C3)C[C@@H]12. The Hall–Kier alpha value is -6.81. The van der Waals surface area contributed by atoms with Gasteiger partial charge in [-0.05, 0) is 196 Å². The van der Waals surface area contributed by atoms with Crippen LogP contribution in [-0.2, 0) is 0 Å². The van der Waals surface area contributed by atoms with Gasteiger partial charge in [-0.2, -0.15) is 32.9 Å². The molecule has 0 radical (unpaired) electrons. The number of rotatable bonds is 19. The molecule has 92 heavy (non-hydrogen) atoms. The third kappa shape index (κ3) is 13.6. The second-order valence-corrected chi connectivity index (χ2v) is 27.6. The Labute approximate surface area is 530 Å². The van der Waals surface area contributed by atoms with Gasteiger partial charge in [-0.15, -0.1) is 13.2 Å². The van der Waals surface area contributed by atoms with Crippen molar-refractivity contribution in [3.8, 4) is 51.0 Å². The number of alkyl halides is 7. The highest BCUT2D eigenvalue weighted by molar-refractivity contribution is 5.67. The first-order valence-electron chi connectivity index (χ1n) is 32.4. The molecule has 14 rings (SSSR count). The van der Waals surface area contributed by atoms with Crippen LogP contribution in [0, 0.1) is 53.3 Å². The van der Waals surface area contributed by atoms with Crippen LogP contribution in [0.2, 0.25) is 0 Å². The molecule has 20 nitrogen and oxygen atoms in total. The molecule has 6 aliphatic carbocycles. The number of nitrogen functional groups attached to an aromatic ring is 3. The van der Waals surface area contributed by atoms with Crippen molar-refractivity contribution in [2.45, 2.75) is 160 Å². The molecule has 0 spiro atoms. The Morgan fingerprint density at radius 2 is 0.793 bits per heavy atom. The number of anilines is 3. The molecule has 0 amide bonds. The quantitative estimate of drug-likeness (QED) is 0.0412. The minimum atomic E-state index is -4.84. The van der Waals surface area contributed by atoms with E-state index in [2.05, 4.69) is 91.3 Å². The number of hydrogen-bond donors (Lipinski definition) is 6. The van der Waals surface area contributed by atoms with Crippen molar-refractivity contribution in [2.24, 2.45) is 53.3 Å². The third-order valence-corrected chi connectivity index (χ3v) is 20.8. The largest absolute Gasteiger partial charge is 0.573 e. The van der Waals surface area contributed by atoms with E-state index in [1.54, 1.807) is 6.20 Å². The number of aliphatic hydroxyl groups is 3. The molecular weight excluding hydrogens is 1210 g/mol. The van der Waals surface area contributed by atoms with Gasteiger partial charge in [-0.25, -0.2) is 15.0 Å². The van der Waals surface area contributed by atoms with Gasteiger partial charge in [0.15, 0.2) is 34.7 Å². The van der Waals surface area contributed by atoms with Crippen LogP contribution in [0.25, 0.3) is 33.8 Å². The number of aromatic nitrogens is 9. The van der Waals surface area contributed by atoms with Gasteiger partial charge in [-0.1, -0.05) is 0 Å². The van der Waals surface area contributed by atoms with E-state index in [9.17, 15) is 46.1 Å². The summed E-state index contributed by atoms with van der Waals surface area (Å²) in [7, 11) is 0. The van der Waals surface area contributed by atoms with Crippen LogP contribution in [0.5, 0.6) is 17.2 Å². The number of ether oxygens (including phenoxy) is 3. The molecule has 2 aliphatic heterocycles. The number of halogens is 7. The van der Waals surface area contributed by atoms with Crippen molar-refractivity contribution in [2.75, 3.05) is 63.2 Å². The lowest BCUT2D eigenvalue weighted by Gasteiger charge is -2.26. The smallest absolute Gasteiger partial charge is 0.431 e. The maximum absolute atomic E-state index is 12.7. The topological polar surface area (TPSA) is 265 Å².